The van der Waals surface area contributed by atoms with E-state index in [0.29, 0.717) is 16.8 Å². The zero-order valence-corrected chi connectivity index (χ0v) is 11.3. The molecule has 0 aliphatic rings. The van der Waals surface area contributed by atoms with Crippen molar-refractivity contribution in [2.75, 3.05) is 11.1 Å². The minimum Gasteiger partial charge on any atom is -0.396 e. The fourth-order valence-corrected chi connectivity index (χ4v) is 1.82. The van der Waals surface area contributed by atoms with E-state index in [9.17, 15) is 14.0 Å². The lowest BCUT2D eigenvalue weighted by atomic mass is 10.1. The molecule has 2 aromatic carbocycles. The largest absolute Gasteiger partial charge is 0.396 e. The number of benzene rings is 2. The van der Waals surface area contributed by atoms with Crippen LogP contribution in [0.1, 0.15) is 26.3 Å². The molecule has 5 nitrogen and oxygen atoms in total. The van der Waals surface area contributed by atoms with Crippen LogP contribution in [0.5, 0.6) is 0 Å². The first-order chi connectivity index (χ1) is 9.88. The molecule has 0 bridgehead atoms. The van der Waals surface area contributed by atoms with Crippen LogP contribution in [0, 0.1) is 12.7 Å². The second kappa shape index (κ2) is 5.62. The molecule has 5 N–H and O–H groups in total. The highest BCUT2D eigenvalue weighted by Gasteiger charge is 2.11. The van der Waals surface area contributed by atoms with Crippen molar-refractivity contribution in [3.05, 3.63) is 58.9 Å². The number of rotatable bonds is 3. The molecule has 0 heterocycles. The van der Waals surface area contributed by atoms with Gasteiger partial charge in [-0.2, -0.15) is 0 Å². The zero-order valence-electron chi connectivity index (χ0n) is 11.3. The predicted octanol–water partition coefficient (Wildman–Crippen LogP) is 2.07. The minimum atomic E-state index is -0.650. The van der Waals surface area contributed by atoms with E-state index in [-0.39, 0.29) is 11.3 Å². The van der Waals surface area contributed by atoms with E-state index >= 15 is 0 Å². The molecule has 21 heavy (non-hydrogen) atoms. The number of hydrogen-bond donors (Lipinski definition) is 3. The summed E-state index contributed by atoms with van der Waals surface area (Å²) in [5, 5.41) is 2.64. The molecule has 0 atom stereocenters. The zero-order chi connectivity index (χ0) is 15.6. The topological polar surface area (TPSA) is 98.2 Å². The first kappa shape index (κ1) is 14.5. The highest BCUT2D eigenvalue weighted by Crippen LogP contribution is 2.18. The van der Waals surface area contributed by atoms with Crippen molar-refractivity contribution >= 4 is 23.2 Å². The lowest BCUT2D eigenvalue weighted by Crippen LogP contribution is -2.15. The highest BCUT2D eigenvalue weighted by molar-refractivity contribution is 6.05. The number of amides is 2. The summed E-state index contributed by atoms with van der Waals surface area (Å²) in [6.07, 6.45) is 0. The van der Waals surface area contributed by atoms with Gasteiger partial charge in [0.25, 0.3) is 5.91 Å². The van der Waals surface area contributed by atoms with Crippen molar-refractivity contribution in [2.24, 2.45) is 5.73 Å². The van der Waals surface area contributed by atoms with E-state index in [4.69, 9.17) is 11.5 Å². The van der Waals surface area contributed by atoms with E-state index in [1.54, 1.807) is 19.1 Å². The first-order valence-electron chi connectivity index (χ1n) is 6.15. The molecule has 0 radical (unpaired) electrons. The molecule has 108 valence electrons. The second-order valence-electron chi connectivity index (χ2n) is 4.58. The Labute approximate surface area is 120 Å². The van der Waals surface area contributed by atoms with Crippen LogP contribution in [-0.4, -0.2) is 11.8 Å². The fourth-order valence-electron chi connectivity index (χ4n) is 1.82. The Morgan fingerprint density at radius 2 is 1.76 bits per heavy atom. The van der Waals surface area contributed by atoms with Crippen molar-refractivity contribution in [3.8, 4) is 0 Å². The maximum atomic E-state index is 13.3. The molecule has 0 spiro atoms. The summed E-state index contributed by atoms with van der Waals surface area (Å²) < 4.78 is 13.3. The summed E-state index contributed by atoms with van der Waals surface area (Å²) in [5.41, 5.74) is 12.2. The Bertz CT molecular complexity index is 729. The molecule has 6 heteroatoms. The molecular weight excluding hydrogens is 273 g/mol. The lowest BCUT2D eigenvalue weighted by Gasteiger charge is -2.10. The smallest absolute Gasteiger partial charge is 0.255 e. The molecule has 0 unspecified atom stereocenters. The summed E-state index contributed by atoms with van der Waals surface area (Å²) in [6, 6.07) is 8.48. The number of halogens is 1. The number of anilines is 2. The van der Waals surface area contributed by atoms with Crippen LogP contribution in [0.3, 0.4) is 0 Å². The number of carbonyl (C=O) groups excluding carboxylic acids is 2. The third-order valence-electron chi connectivity index (χ3n) is 3.02. The quantitative estimate of drug-likeness (QED) is 0.753. The van der Waals surface area contributed by atoms with Gasteiger partial charge >= 0.3 is 0 Å². The van der Waals surface area contributed by atoms with Gasteiger partial charge < -0.3 is 16.8 Å². The average molecular weight is 287 g/mol. The number of nitrogens with two attached hydrogens (primary N) is 2. The molecule has 0 saturated heterocycles. The monoisotopic (exact) mass is 287 g/mol. The molecule has 0 saturated carbocycles. The van der Waals surface area contributed by atoms with E-state index in [1.165, 1.54) is 18.2 Å². The van der Waals surface area contributed by atoms with E-state index < -0.39 is 17.6 Å². The fraction of sp³-hybridized carbons (Fsp3) is 0.0667. The Morgan fingerprint density at radius 1 is 1.10 bits per heavy atom. The van der Waals surface area contributed by atoms with Gasteiger partial charge in [-0.1, -0.05) is 0 Å². The van der Waals surface area contributed by atoms with Gasteiger partial charge in [-0.05, 0) is 48.9 Å². The van der Waals surface area contributed by atoms with Crippen LogP contribution in [0.15, 0.2) is 36.4 Å². The number of hydrogen-bond acceptors (Lipinski definition) is 3. The number of nitrogens with one attached hydrogen (secondary N) is 1. The second-order valence-corrected chi connectivity index (χ2v) is 4.58. The number of aryl methyl sites for hydroxylation is 1. The molecule has 0 aromatic heterocycles. The van der Waals surface area contributed by atoms with E-state index in [1.807, 2.05) is 0 Å². The van der Waals surface area contributed by atoms with Crippen molar-refractivity contribution < 1.29 is 14.0 Å². The average Bonchev–Trinajstić information content (AvgIpc) is 2.43. The standard InChI is InChI=1S/C15H14FN3O2/c1-8-6-9(14(18)20)3-5-13(8)19-15(21)10-2-4-12(17)11(16)7-10/h2-7H,17H2,1H3,(H2,18,20)(H,19,21). The Morgan fingerprint density at radius 3 is 2.33 bits per heavy atom. The Kier molecular flexibility index (Phi) is 3.89. The third-order valence-corrected chi connectivity index (χ3v) is 3.02. The van der Waals surface area contributed by atoms with Gasteiger partial charge in [0.05, 0.1) is 5.69 Å². The van der Waals surface area contributed by atoms with Crippen molar-refractivity contribution in [3.63, 3.8) is 0 Å². The third kappa shape index (κ3) is 3.17. The summed E-state index contributed by atoms with van der Waals surface area (Å²) in [5.74, 6) is -1.66. The van der Waals surface area contributed by atoms with Gasteiger partial charge in [0.1, 0.15) is 5.82 Å². The highest BCUT2D eigenvalue weighted by atomic mass is 19.1. The Balaban J connectivity index is 2.23. The molecule has 2 amide bonds. The lowest BCUT2D eigenvalue weighted by molar-refractivity contribution is 0.0998. The van der Waals surface area contributed by atoms with Crippen molar-refractivity contribution in [1.82, 2.24) is 0 Å². The van der Waals surface area contributed by atoms with Gasteiger partial charge in [-0.3, -0.25) is 9.59 Å². The van der Waals surface area contributed by atoms with E-state index in [2.05, 4.69) is 5.32 Å². The van der Waals surface area contributed by atoms with Crippen molar-refractivity contribution in [1.29, 1.82) is 0 Å². The first-order valence-corrected chi connectivity index (χ1v) is 6.15. The minimum absolute atomic E-state index is 0.0199. The van der Waals surface area contributed by atoms with Crippen LogP contribution in [0.4, 0.5) is 15.8 Å². The normalized spacial score (nSPS) is 10.2. The van der Waals surface area contributed by atoms with Gasteiger partial charge in [0.15, 0.2) is 0 Å². The Hall–Kier alpha value is -2.89. The van der Waals surface area contributed by atoms with Crippen LogP contribution >= 0.6 is 0 Å². The van der Waals surface area contributed by atoms with Crippen LogP contribution in [-0.2, 0) is 0 Å². The molecule has 0 aliphatic heterocycles. The molecule has 2 rings (SSSR count). The summed E-state index contributed by atoms with van der Waals surface area (Å²) in [6.45, 7) is 1.73. The molecular formula is C15H14FN3O2. The van der Waals surface area contributed by atoms with E-state index in [0.717, 1.165) is 6.07 Å². The van der Waals surface area contributed by atoms with Crippen molar-refractivity contribution in [2.45, 2.75) is 6.92 Å². The predicted molar refractivity (Wildman–Crippen MR) is 78.5 cm³/mol. The van der Waals surface area contributed by atoms with Gasteiger partial charge in [0.2, 0.25) is 5.91 Å². The maximum Gasteiger partial charge on any atom is 0.255 e. The van der Waals surface area contributed by atoms with Gasteiger partial charge in [0, 0.05) is 16.8 Å². The number of nitrogen functional groups attached to an aromatic ring is 1. The SMILES string of the molecule is Cc1cc(C(N)=O)ccc1NC(=O)c1ccc(N)c(F)c1. The number of primary amides is 1. The molecule has 2 aromatic rings. The molecule has 0 aliphatic carbocycles. The van der Waals surface area contributed by atoms with Crippen LogP contribution in [0.25, 0.3) is 0 Å². The van der Waals surface area contributed by atoms with Gasteiger partial charge in [-0.25, -0.2) is 4.39 Å². The van der Waals surface area contributed by atoms with Gasteiger partial charge in [-0.15, -0.1) is 0 Å². The summed E-state index contributed by atoms with van der Waals surface area (Å²) in [4.78, 5) is 23.1. The van der Waals surface area contributed by atoms with Crippen LogP contribution in [0.2, 0.25) is 0 Å². The summed E-state index contributed by atoms with van der Waals surface area (Å²) in [7, 11) is 0. The van der Waals surface area contributed by atoms with Crippen LogP contribution < -0.4 is 16.8 Å². The molecule has 0 fully saturated rings. The maximum absolute atomic E-state index is 13.3. The number of carbonyl (C=O) groups is 2. The summed E-state index contributed by atoms with van der Waals surface area (Å²) >= 11 is 0.